The largest absolute Gasteiger partial charge is 0.426 e. The van der Waals surface area contributed by atoms with Crippen LogP contribution in [0.3, 0.4) is 0 Å². The predicted octanol–water partition coefficient (Wildman–Crippen LogP) is 3.83. The molecule has 122 valence electrons. The van der Waals surface area contributed by atoms with E-state index in [0.717, 1.165) is 25.7 Å². The Morgan fingerprint density at radius 1 is 0.917 bits per heavy atom. The molecule has 0 aliphatic heterocycles. The first-order valence-electron chi connectivity index (χ1n) is 8.10. The van der Waals surface area contributed by atoms with E-state index in [4.69, 9.17) is 4.74 Å². The van der Waals surface area contributed by atoms with Crippen LogP contribution in [0.5, 0.6) is 5.75 Å². The fourth-order valence-electron chi connectivity index (χ4n) is 3.05. The maximum atomic E-state index is 12.8. The van der Waals surface area contributed by atoms with Gasteiger partial charge in [-0.15, -0.1) is 0 Å². The third kappa shape index (κ3) is 3.27. The summed E-state index contributed by atoms with van der Waals surface area (Å²) >= 11 is 0. The normalized spacial score (nSPS) is 14.3. The molecule has 2 aromatic rings. The highest BCUT2D eigenvalue weighted by Gasteiger charge is 2.26. The summed E-state index contributed by atoms with van der Waals surface area (Å²) in [5, 5.41) is 0. The molecule has 24 heavy (non-hydrogen) atoms. The van der Waals surface area contributed by atoms with E-state index in [0.29, 0.717) is 17.4 Å². The second-order valence-corrected chi connectivity index (χ2v) is 5.93. The van der Waals surface area contributed by atoms with Gasteiger partial charge in [0.25, 0.3) is 0 Å². The van der Waals surface area contributed by atoms with Crippen LogP contribution in [-0.2, 0) is 4.79 Å². The first-order chi connectivity index (χ1) is 11.7. The van der Waals surface area contributed by atoms with Crippen LogP contribution in [0.15, 0.2) is 48.5 Å². The Morgan fingerprint density at radius 2 is 1.54 bits per heavy atom. The van der Waals surface area contributed by atoms with E-state index in [9.17, 15) is 14.4 Å². The van der Waals surface area contributed by atoms with Crippen LogP contribution in [0.2, 0.25) is 0 Å². The summed E-state index contributed by atoms with van der Waals surface area (Å²) in [6.45, 7) is 0. The van der Waals surface area contributed by atoms with Crippen molar-refractivity contribution in [3.05, 3.63) is 65.2 Å². The fraction of sp³-hybridized carbons (Fsp3) is 0.250. The Hall–Kier alpha value is -2.75. The lowest BCUT2D eigenvalue weighted by molar-refractivity contribution is -0.138. The molecule has 4 heteroatoms. The summed E-state index contributed by atoms with van der Waals surface area (Å²) in [6, 6.07) is 13.3. The van der Waals surface area contributed by atoms with Crippen molar-refractivity contribution in [2.75, 3.05) is 0 Å². The Labute approximate surface area is 140 Å². The molecule has 2 aromatic carbocycles. The average molecular weight is 322 g/mol. The standard InChI is InChI=1S/C20H18O4/c21-13-15-9-3-4-10-16(15)19(22)17-11-5-6-12-18(17)24-20(23)14-7-1-2-8-14/h3-6,9-14H,1-2,7-8H2. The summed E-state index contributed by atoms with van der Waals surface area (Å²) < 4.78 is 5.50. The van der Waals surface area contributed by atoms with Gasteiger partial charge in [-0.25, -0.2) is 0 Å². The molecule has 0 N–H and O–H groups in total. The molecule has 0 spiro atoms. The summed E-state index contributed by atoms with van der Waals surface area (Å²) in [6.07, 6.45) is 4.40. The van der Waals surface area contributed by atoms with E-state index >= 15 is 0 Å². The van der Waals surface area contributed by atoms with Gasteiger partial charge in [-0.2, -0.15) is 0 Å². The topological polar surface area (TPSA) is 60.4 Å². The second kappa shape index (κ2) is 7.21. The van der Waals surface area contributed by atoms with Crippen LogP contribution in [0.1, 0.15) is 52.0 Å². The molecule has 0 heterocycles. The molecule has 0 aromatic heterocycles. The van der Waals surface area contributed by atoms with Gasteiger partial charge in [-0.3, -0.25) is 14.4 Å². The van der Waals surface area contributed by atoms with Gasteiger partial charge in [0, 0.05) is 11.1 Å². The van der Waals surface area contributed by atoms with Gasteiger partial charge < -0.3 is 4.74 Å². The number of rotatable bonds is 5. The summed E-state index contributed by atoms with van der Waals surface area (Å²) in [5.41, 5.74) is 0.912. The average Bonchev–Trinajstić information content (AvgIpc) is 3.16. The number of benzene rings is 2. The maximum Gasteiger partial charge on any atom is 0.314 e. The van der Waals surface area contributed by atoms with Gasteiger partial charge in [0.1, 0.15) is 5.75 Å². The highest BCUT2D eigenvalue weighted by atomic mass is 16.5. The molecule has 1 aliphatic rings. The maximum absolute atomic E-state index is 12.8. The highest BCUT2D eigenvalue weighted by Crippen LogP contribution is 2.28. The molecular formula is C20H18O4. The second-order valence-electron chi connectivity index (χ2n) is 5.93. The molecule has 0 bridgehead atoms. The van der Waals surface area contributed by atoms with E-state index in [2.05, 4.69) is 0 Å². The molecule has 1 fully saturated rings. The SMILES string of the molecule is O=Cc1ccccc1C(=O)c1ccccc1OC(=O)C1CCCC1. The Kier molecular flexibility index (Phi) is 4.85. The monoisotopic (exact) mass is 322 g/mol. The van der Waals surface area contributed by atoms with Gasteiger partial charge in [0.15, 0.2) is 12.1 Å². The van der Waals surface area contributed by atoms with E-state index in [1.807, 2.05) is 0 Å². The van der Waals surface area contributed by atoms with E-state index < -0.39 is 0 Å². The van der Waals surface area contributed by atoms with E-state index in [-0.39, 0.29) is 29.0 Å². The van der Waals surface area contributed by atoms with Crippen molar-refractivity contribution in [2.24, 2.45) is 5.92 Å². The van der Waals surface area contributed by atoms with Gasteiger partial charge >= 0.3 is 5.97 Å². The first kappa shape index (κ1) is 16.1. The van der Waals surface area contributed by atoms with Crippen LogP contribution in [0.25, 0.3) is 0 Å². The first-order valence-corrected chi connectivity index (χ1v) is 8.10. The van der Waals surface area contributed by atoms with Crippen molar-refractivity contribution in [1.29, 1.82) is 0 Å². The smallest absolute Gasteiger partial charge is 0.314 e. The molecular weight excluding hydrogens is 304 g/mol. The number of para-hydroxylation sites is 1. The molecule has 1 aliphatic carbocycles. The quantitative estimate of drug-likeness (QED) is 0.363. The highest BCUT2D eigenvalue weighted by molar-refractivity contribution is 6.14. The van der Waals surface area contributed by atoms with Gasteiger partial charge in [0.05, 0.1) is 11.5 Å². The predicted molar refractivity (Wildman–Crippen MR) is 89.3 cm³/mol. The zero-order valence-electron chi connectivity index (χ0n) is 13.2. The van der Waals surface area contributed by atoms with Crippen LogP contribution in [-0.4, -0.2) is 18.0 Å². The number of carbonyl (C=O) groups excluding carboxylic acids is 3. The molecule has 0 radical (unpaired) electrons. The van der Waals surface area contributed by atoms with Crippen molar-refractivity contribution >= 4 is 18.0 Å². The molecule has 1 saturated carbocycles. The summed E-state index contributed by atoms with van der Waals surface area (Å²) in [7, 11) is 0. The van der Waals surface area contributed by atoms with Crippen molar-refractivity contribution in [3.8, 4) is 5.75 Å². The lowest BCUT2D eigenvalue weighted by Gasteiger charge is -2.13. The number of aldehydes is 1. The number of hydrogen-bond donors (Lipinski definition) is 0. The number of carbonyl (C=O) groups is 3. The van der Waals surface area contributed by atoms with Crippen LogP contribution in [0, 0.1) is 5.92 Å². The minimum atomic E-state index is -0.326. The third-order valence-corrected chi connectivity index (χ3v) is 4.36. The van der Waals surface area contributed by atoms with Crippen molar-refractivity contribution in [3.63, 3.8) is 0 Å². The van der Waals surface area contributed by atoms with Crippen LogP contribution < -0.4 is 4.74 Å². The van der Waals surface area contributed by atoms with Gasteiger partial charge in [0.2, 0.25) is 0 Å². The molecule has 0 saturated heterocycles. The Bertz CT molecular complexity index is 773. The third-order valence-electron chi connectivity index (χ3n) is 4.36. The lowest BCUT2D eigenvalue weighted by Crippen LogP contribution is -2.19. The molecule has 0 unspecified atom stereocenters. The van der Waals surface area contributed by atoms with Crippen molar-refractivity contribution in [1.82, 2.24) is 0 Å². The van der Waals surface area contributed by atoms with Crippen LogP contribution >= 0.6 is 0 Å². The Balaban J connectivity index is 1.89. The fourth-order valence-corrected chi connectivity index (χ4v) is 3.05. The van der Waals surface area contributed by atoms with Crippen LogP contribution in [0.4, 0.5) is 0 Å². The van der Waals surface area contributed by atoms with E-state index in [1.54, 1.807) is 48.5 Å². The number of ketones is 1. The molecule has 3 rings (SSSR count). The minimum Gasteiger partial charge on any atom is -0.426 e. The number of ether oxygens (including phenoxy) is 1. The minimum absolute atomic E-state index is 0.0876. The van der Waals surface area contributed by atoms with Crippen molar-refractivity contribution in [2.45, 2.75) is 25.7 Å². The summed E-state index contributed by atoms with van der Waals surface area (Å²) in [4.78, 5) is 36.2. The Morgan fingerprint density at radius 3 is 2.25 bits per heavy atom. The molecule has 4 nitrogen and oxygen atoms in total. The summed E-state index contributed by atoms with van der Waals surface area (Å²) in [5.74, 6) is -0.445. The number of esters is 1. The van der Waals surface area contributed by atoms with Gasteiger partial charge in [-0.1, -0.05) is 49.2 Å². The zero-order chi connectivity index (χ0) is 16.9. The van der Waals surface area contributed by atoms with E-state index in [1.165, 1.54) is 0 Å². The zero-order valence-corrected chi connectivity index (χ0v) is 13.2. The number of hydrogen-bond acceptors (Lipinski definition) is 4. The van der Waals surface area contributed by atoms with Crippen molar-refractivity contribution < 1.29 is 19.1 Å². The lowest BCUT2D eigenvalue weighted by atomic mass is 9.98. The molecule has 0 atom stereocenters. The molecule has 0 amide bonds. The van der Waals surface area contributed by atoms with Gasteiger partial charge in [-0.05, 0) is 25.0 Å².